The Kier molecular flexibility index (Phi) is 6.23. The molecule has 0 aromatic carbocycles. The number of esters is 1. The van der Waals surface area contributed by atoms with Crippen molar-refractivity contribution in [3.05, 3.63) is 0 Å². The first kappa shape index (κ1) is 13.2. The lowest BCUT2D eigenvalue weighted by atomic mass is 10.0. The molecule has 14 heavy (non-hydrogen) atoms. The Labute approximate surface area is 87.4 Å². The number of nitrogens with one attached hydrogen (secondary N) is 1. The van der Waals surface area contributed by atoms with E-state index in [1.54, 1.807) is 0 Å². The Morgan fingerprint density at radius 1 is 1.57 bits per heavy atom. The molecule has 82 valence electrons. The molecule has 0 aromatic heterocycles. The van der Waals surface area contributed by atoms with Crippen LogP contribution in [-0.2, 0) is 14.3 Å². The average Bonchev–Trinajstić information content (AvgIpc) is 2.16. The standard InChI is InChI=1S/C8H14ClNO4/c1-5(11)6(8(13)14-2)4-10-7(12)3-9/h5-6,11H,3-4H2,1-2H3,(H,10,12)/t5-,6+/m1/s1. The summed E-state index contributed by atoms with van der Waals surface area (Å²) in [5.74, 6) is -1.88. The highest BCUT2D eigenvalue weighted by Crippen LogP contribution is 2.04. The molecule has 6 heteroatoms. The molecule has 5 nitrogen and oxygen atoms in total. The van der Waals surface area contributed by atoms with Gasteiger partial charge in [-0.25, -0.2) is 0 Å². The second-order valence-corrected chi connectivity index (χ2v) is 3.08. The number of methoxy groups -OCH3 is 1. The summed E-state index contributed by atoms with van der Waals surface area (Å²) in [5, 5.41) is 11.6. The topological polar surface area (TPSA) is 75.6 Å². The van der Waals surface area contributed by atoms with Crippen molar-refractivity contribution in [3.63, 3.8) is 0 Å². The fourth-order valence-electron chi connectivity index (χ4n) is 0.873. The van der Waals surface area contributed by atoms with Crippen LogP contribution in [0.2, 0.25) is 0 Å². The highest BCUT2D eigenvalue weighted by Gasteiger charge is 2.24. The molecule has 2 N–H and O–H groups in total. The molecule has 1 amide bonds. The van der Waals surface area contributed by atoms with Gasteiger partial charge in [-0.15, -0.1) is 11.6 Å². The summed E-state index contributed by atoms with van der Waals surface area (Å²) in [6.45, 7) is 1.48. The maximum Gasteiger partial charge on any atom is 0.313 e. The summed E-state index contributed by atoms with van der Waals surface area (Å²) >= 11 is 5.24. The number of carbonyl (C=O) groups excluding carboxylic acids is 2. The van der Waals surface area contributed by atoms with Crippen LogP contribution in [0.1, 0.15) is 6.92 Å². The van der Waals surface area contributed by atoms with Crippen LogP contribution in [0.25, 0.3) is 0 Å². The van der Waals surface area contributed by atoms with Crippen molar-refractivity contribution in [2.45, 2.75) is 13.0 Å². The molecule has 0 radical (unpaired) electrons. The number of aliphatic hydroxyl groups excluding tert-OH is 1. The minimum absolute atomic E-state index is 0.0237. The largest absolute Gasteiger partial charge is 0.469 e. The quantitative estimate of drug-likeness (QED) is 0.487. The van der Waals surface area contributed by atoms with Crippen LogP contribution in [0.4, 0.5) is 0 Å². The molecule has 2 atom stereocenters. The Morgan fingerprint density at radius 2 is 2.14 bits per heavy atom. The van der Waals surface area contributed by atoms with Gasteiger partial charge in [0.15, 0.2) is 0 Å². The zero-order valence-electron chi connectivity index (χ0n) is 8.12. The van der Waals surface area contributed by atoms with Gasteiger partial charge in [0.05, 0.1) is 19.1 Å². The van der Waals surface area contributed by atoms with Crippen LogP contribution in [0.5, 0.6) is 0 Å². The third kappa shape index (κ3) is 4.43. The summed E-state index contributed by atoms with van der Waals surface area (Å²) in [7, 11) is 1.22. The molecule has 0 unspecified atom stereocenters. The zero-order valence-corrected chi connectivity index (χ0v) is 8.87. The van der Waals surface area contributed by atoms with E-state index in [2.05, 4.69) is 10.1 Å². The minimum atomic E-state index is -0.877. The predicted molar refractivity (Wildman–Crippen MR) is 50.9 cm³/mol. The molecule has 0 fully saturated rings. The molecule has 0 aromatic rings. The van der Waals surface area contributed by atoms with Crippen LogP contribution in [0.3, 0.4) is 0 Å². The molecule has 0 aliphatic carbocycles. The summed E-state index contributed by atoms with van der Waals surface area (Å²) in [5.41, 5.74) is 0. The van der Waals surface area contributed by atoms with Crippen molar-refractivity contribution in [1.29, 1.82) is 0 Å². The van der Waals surface area contributed by atoms with Gasteiger partial charge in [-0.05, 0) is 6.92 Å². The van der Waals surface area contributed by atoms with E-state index in [9.17, 15) is 14.7 Å². The van der Waals surface area contributed by atoms with Crippen LogP contribution in [-0.4, -0.2) is 42.6 Å². The van der Waals surface area contributed by atoms with E-state index >= 15 is 0 Å². The van der Waals surface area contributed by atoms with Crippen molar-refractivity contribution in [3.8, 4) is 0 Å². The van der Waals surface area contributed by atoms with Gasteiger partial charge in [-0.3, -0.25) is 9.59 Å². The Hall–Kier alpha value is -0.810. The fraction of sp³-hybridized carbons (Fsp3) is 0.750. The number of aliphatic hydroxyl groups is 1. The number of hydrogen-bond acceptors (Lipinski definition) is 4. The Balaban J connectivity index is 4.11. The monoisotopic (exact) mass is 223 g/mol. The number of amides is 1. The number of halogens is 1. The molecule has 0 aliphatic rings. The average molecular weight is 224 g/mol. The summed E-state index contributed by atoms with van der Waals surface area (Å²) in [4.78, 5) is 21.9. The maximum absolute atomic E-state index is 11.1. The van der Waals surface area contributed by atoms with Crippen LogP contribution < -0.4 is 5.32 Å². The van der Waals surface area contributed by atoms with Gasteiger partial charge in [-0.1, -0.05) is 0 Å². The molecule has 0 spiro atoms. The van der Waals surface area contributed by atoms with E-state index in [0.29, 0.717) is 0 Å². The lowest BCUT2D eigenvalue weighted by Crippen LogP contribution is -2.39. The maximum atomic E-state index is 11.1. The van der Waals surface area contributed by atoms with Gasteiger partial charge in [0.25, 0.3) is 0 Å². The molecular formula is C8H14ClNO4. The van der Waals surface area contributed by atoms with E-state index in [0.717, 1.165) is 0 Å². The van der Waals surface area contributed by atoms with Gasteiger partial charge in [0.2, 0.25) is 5.91 Å². The molecule has 0 saturated carbocycles. The minimum Gasteiger partial charge on any atom is -0.469 e. The molecular weight excluding hydrogens is 210 g/mol. The van der Waals surface area contributed by atoms with Crippen molar-refractivity contribution in [2.24, 2.45) is 5.92 Å². The second kappa shape index (κ2) is 6.62. The van der Waals surface area contributed by atoms with Crippen molar-refractivity contribution in [1.82, 2.24) is 5.32 Å². The summed E-state index contributed by atoms with van der Waals surface area (Å²) in [6.07, 6.45) is -0.877. The van der Waals surface area contributed by atoms with Gasteiger partial charge >= 0.3 is 5.97 Å². The highest BCUT2D eigenvalue weighted by molar-refractivity contribution is 6.27. The predicted octanol–water partition coefficient (Wildman–Crippen LogP) is -0.489. The lowest BCUT2D eigenvalue weighted by molar-refractivity contribution is -0.148. The third-order valence-electron chi connectivity index (χ3n) is 1.73. The van der Waals surface area contributed by atoms with Gasteiger partial charge in [0, 0.05) is 6.54 Å². The Bertz CT molecular complexity index is 208. The molecule has 0 aliphatic heterocycles. The van der Waals surface area contributed by atoms with E-state index in [4.69, 9.17) is 11.6 Å². The first-order valence-corrected chi connectivity index (χ1v) is 4.65. The van der Waals surface area contributed by atoms with E-state index < -0.39 is 18.0 Å². The van der Waals surface area contributed by atoms with Crippen LogP contribution in [0, 0.1) is 5.92 Å². The summed E-state index contributed by atoms with van der Waals surface area (Å²) in [6, 6.07) is 0. The second-order valence-electron chi connectivity index (χ2n) is 2.81. The van der Waals surface area contributed by atoms with Gasteiger partial charge in [0.1, 0.15) is 5.88 Å². The molecule has 0 rings (SSSR count). The van der Waals surface area contributed by atoms with Gasteiger partial charge in [-0.2, -0.15) is 0 Å². The SMILES string of the molecule is COC(=O)[C@@H](CNC(=O)CCl)[C@@H](C)O. The highest BCUT2D eigenvalue weighted by atomic mass is 35.5. The van der Waals surface area contributed by atoms with E-state index in [1.807, 2.05) is 0 Å². The Morgan fingerprint density at radius 3 is 2.50 bits per heavy atom. The number of ether oxygens (including phenoxy) is 1. The van der Waals surface area contributed by atoms with Crippen LogP contribution in [0.15, 0.2) is 0 Å². The number of hydrogen-bond donors (Lipinski definition) is 2. The number of alkyl halides is 1. The molecule has 0 heterocycles. The smallest absolute Gasteiger partial charge is 0.313 e. The van der Waals surface area contributed by atoms with Crippen LogP contribution >= 0.6 is 11.6 Å². The number of rotatable bonds is 5. The normalized spacial score (nSPS) is 14.3. The molecule has 0 bridgehead atoms. The molecule has 0 saturated heterocycles. The van der Waals surface area contributed by atoms with Crippen molar-refractivity contribution in [2.75, 3.05) is 19.5 Å². The summed E-state index contributed by atoms with van der Waals surface area (Å²) < 4.78 is 4.46. The van der Waals surface area contributed by atoms with Crippen molar-refractivity contribution >= 4 is 23.5 Å². The third-order valence-corrected chi connectivity index (χ3v) is 1.97. The number of carbonyl (C=O) groups is 2. The fourth-order valence-corrected chi connectivity index (χ4v) is 0.968. The zero-order chi connectivity index (χ0) is 11.1. The van der Waals surface area contributed by atoms with E-state index in [-0.39, 0.29) is 18.3 Å². The van der Waals surface area contributed by atoms with Gasteiger partial charge < -0.3 is 15.2 Å². The first-order chi connectivity index (χ1) is 6.52. The lowest BCUT2D eigenvalue weighted by Gasteiger charge is -2.17. The van der Waals surface area contributed by atoms with E-state index in [1.165, 1.54) is 14.0 Å². The first-order valence-electron chi connectivity index (χ1n) is 4.11. The van der Waals surface area contributed by atoms with Crippen molar-refractivity contribution < 1.29 is 19.4 Å².